The molecule has 2 aliphatic heterocycles. The highest BCUT2D eigenvalue weighted by molar-refractivity contribution is 4.92. The number of fused-ring (bicyclic) bond motifs is 1. The fourth-order valence-corrected chi connectivity index (χ4v) is 3.61. The molecule has 2 saturated heterocycles. The van der Waals surface area contributed by atoms with Gasteiger partial charge >= 0.3 is 0 Å². The average molecular weight is 220 g/mol. The lowest BCUT2D eigenvalue weighted by molar-refractivity contribution is 0.0902. The van der Waals surface area contributed by atoms with Gasteiger partial charge in [-0.15, -0.1) is 0 Å². The molecule has 2 heterocycles. The lowest BCUT2D eigenvalue weighted by Crippen LogP contribution is -2.51. The molecule has 2 atom stereocenters. The van der Waals surface area contributed by atoms with E-state index in [9.17, 15) is 0 Å². The molecule has 0 saturated carbocycles. The molecule has 16 heavy (non-hydrogen) atoms. The first-order chi connectivity index (χ1) is 7.92. The molecule has 0 radical (unpaired) electrons. The van der Waals surface area contributed by atoms with E-state index in [1.807, 2.05) is 0 Å². The first kappa shape index (κ1) is 10.8. The molecule has 0 bridgehead atoms. The maximum Gasteiger partial charge on any atom is 0.0224 e. The normalized spacial score (nSPS) is 36.5. The highest BCUT2D eigenvalue weighted by atomic mass is 15.3. The van der Waals surface area contributed by atoms with Gasteiger partial charge in [-0.3, -0.25) is 4.90 Å². The molecule has 2 heteroatoms. The van der Waals surface area contributed by atoms with Crippen molar-refractivity contribution in [3.63, 3.8) is 0 Å². The highest BCUT2D eigenvalue weighted by Gasteiger charge is 2.31. The zero-order valence-electron chi connectivity index (χ0n) is 10.3. The first-order valence-corrected chi connectivity index (χ1v) is 7.03. The van der Waals surface area contributed by atoms with Crippen molar-refractivity contribution >= 4 is 0 Å². The van der Waals surface area contributed by atoms with Gasteiger partial charge in [0.25, 0.3) is 0 Å². The van der Waals surface area contributed by atoms with Crippen LogP contribution < -0.4 is 0 Å². The van der Waals surface area contributed by atoms with Crippen LogP contribution in [0.15, 0.2) is 12.2 Å². The standard InChI is InChI=1S/C14H24N2/c1-2-5-13(6-3-1)11-15-9-10-16-8-4-7-14(16)12-15/h1-2,13-14H,3-12H2. The lowest BCUT2D eigenvalue weighted by atomic mass is 9.93. The summed E-state index contributed by atoms with van der Waals surface area (Å²) >= 11 is 0. The van der Waals surface area contributed by atoms with E-state index in [2.05, 4.69) is 22.0 Å². The van der Waals surface area contributed by atoms with Gasteiger partial charge in [-0.05, 0) is 44.6 Å². The zero-order chi connectivity index (χ0) is 10.8. The zero-order valence-corrected chi connectivity index (χ0v) is 10.3. The van der Waals surface area contributed by atoms with Crippen molar-refractivity contribution in [1.82, 2.24) is 9.80 Å². The molecule has 3 rings (SSSR count). The van der Waals surface area contributed by atoms with Crippen LogP contribution in [0.5, 0.6) is 0 Å². The van der Waals surface area contributed by atoms with Gasteiger partial charge in [-0.1, -0.05) is 12.2 Å². The maximum absolute atomic E-state index is 2.73. The second-order valence-electron chi connectivity index (χ2n) is 5.74. The summed E-state index contributed by atoms with van der Waals surface area (Å²) < 4.78 is 0. The Morgan fingerprint density at radius 3 is 2.94 bits per heavy atom. The molecule has 0 N–H and O–H groups in total. The number of piperazine rings is 1. The monoisotopic (exact) mass is 220 g/mol. The molecule has 0 aromatic rings. The van der Waals surface area contributed by atoms with Crippen LogP contribution in [0.2, 0.25) is 0 Å². The van der Waals surface area contributed by atoms with Gasteiger partial charge in [0.2, 0.25) is 0 Å². The Hall–Kier alpha value is -0.340. The molecule has 1 aliphatic carbocycles. The number of hydrogen-bond acceptors (Lipinski definition) is 2. The summed E-state index contributed by atoms with van der Waals surface area (Å²) in [6, 6.07) is 0.896. The third-order valence-corrected chi connectivity index (χ3v) is 4.57. The maximum atomic E-state index is 2.73. The van der Waals surface area contributed by atoms with E-state index < -0.39 is 0 Å². The summed E-state index contributed by atoms with van der Waals surface area (Å²) in [6.45, 7) is 6.71. The van der Waals surface area contributed by atoms with Crippen molar-refractivity contribution in [2.24, 2.45) is 5.92 Å². The van der Waals surface area contributed by atoms with Crippen LogP contribution in [-0.2, 0) is 0 Å². The van der Waals surface area contributed by atoms with E-state index in [0.717, 1.165) is 12.0 Å². The average Bonchev–Trinajstić information content (AvgIpc) is 2.77. The Balaban J connectivity index is 1.50. The van der Waals surface area contributed by atoms with Crippen molar-refractivity contribution in [3.05, 3.63) is 12.2 Å². The Morgan fingerprint density at radius 1 is 1.06 bits per heavy atom. The number of hydrogen-bond donors (Lipinski definition) is 0. The molecule has 0 aromatic heterocycles. The minimum Gasteiger partial charge on any atom is -0.300 e. The summed E-state index contributed by atoms with van der Waals surface area (Å²) in [5.41, 5.74) is 0. The molecular formula is C14H24N2. The molecule has 2 unspecified atom stereocenters. The van der Waals surface area contributed by atoms with Gasteiger partial charge in [0.05, 0.1) is 0 Å². The molecule has 0 aromatic carbocycles. The molecule has 2 fully saturated rings. The van der Waals surface area contributed by atoms with Crippen LogP contribution in [-0.4, -0.2) is 48.6 Å². The van der Waals surface area contributed by atoms with Crippen LogP contribution in [0.4, 0.5) is 0 Å². The van der Waals surface area contributed by atoms with Crippen LogP contribution >= 0.6 is 0 Å². The molecule has 90 valence electrons. The van der Waals surface area contributed by atoms with Crippen LogP contribution in [0, 0.1) is 5.92 Å². The number of rotatable bonds is 2. The summed E-state index contributed by atoms with van der Waals surface area (Å²) in [4.78, 5) is 5.44. The summed E-state index contributed by atoms with van der Waals surface area (Å²) in [5, 5.41) is 0. The summed E-state index contributed by atoms with van der Waals surface area (Å²) in [7, 11) is 0. The fraction of sp³-hybridized carbons (Fsp3) is 0.857. The van der Waals surface area contributed by atoms with E-state index in [1.54, 1.807) is 0 Å². The number of nitrogens with zero attached hydrogens (tertiary/aromatic N) is 2. The van der Waals surface area contributed by atoms with Gasteiger partial charge < -0.3 is 4.90 Å². The lowest BCUT2D eigenvalue weighted by Gasteiger charge is -2.39. The summed E-state index contributed by atoms with van der Waals surface area (Å²) in [5.74, 6) is 0.943. The van der Waals surface area contributed by atoms with E-state index in [0.29, 0.717) is 0 Å². The fourth-order valence-electron chi connectivity index (χ4n) is 3.61. The summed E-state index contributed by atoms with van der Waals surface area (Å²) in [6.07, 6.45) is 11.7. The van der Waals surface area contributed by atoms with Gasteiger partial charge in [0.15, 0.2) is 0 Å². The Bertz CT molecular complexity index is 261. The largest absolute Gasteiger partial charge is 0.300 e. The molecule has 3 aliphatic rings. The van der Waals surface area contributed by atoms with E-state index in [1.165, 1.54) is 64.8 Å². The van der Waals surface area contributed by atoms with Gasteiger partial charge in [0.1, 0.15) is 0 Å². The van der Waals surface area contributed by atoms with Crippen molar-refractivity contribution in [2.75, 3.05) is 32.7 Å². The van der Waals surface area contributed by atoms with Gasteiger partial charge in [-0.25, -0.2) is 0 Å². The molecular weight excluding hydrogens is 196 g/mol. The quantitative estimate of drug-likeness (QED) is 0.658. The van der Waals surface area contributed by atoms with E-state index in [-0.39, 0.29) is 0 Å². The van der Waals surface area contributed by atoms with Crippen molar-refractivity contribution in [1.29, 1.82) is 0 Å². The highest BCUT2D eigenvalue weighted by Crippen LogP contribution is 2.24. The van der Waals surface area contributed by atoms with Gasteiger partial charge in [0, 0.05) is 32.2 Å². The van der Waals surface area contributed by atoms with Crippen molar-refractivity contribution in [2.45, 2.75) is 38.1 Å². The smallest absolute Gasteiger partial charge is 0.0224 e. The van der Waals surface area contributed by atoms with Crippen LogP contribution in [0.1, 0.15) is 32.1 Å². The third-order valence-electron chi connectivity index (χ3n) is 4.57. The Kier molecular flexibility index (Phi) is 3.30. The topological polar surface area (TPSA) is 6.48 Å². The predicted molar refractivity (Wildman–Crippen MR) is 67.5 cm³/mol. The van der Waals surface area contributed by atoms with Crippen LogP contribution in [0.3, 0.4) is 0 Å². The van der Waals surface area contributed by atoms with Crippen molar-refractivity contribution in [3.8, 4) is 0 Å². The third kappa shape index (κ3) is 2.33. The SMILES string of the molecule is C1=CCC(CN2CCN3CCCC3C2)CC1. The second-order valence-corrected chi connectivity index (χ2v) is 5.74. The Morgan fingerprint density at radius 2 is 2.06 bits per heavy atom. The van der Waals surface area contributed by atoms with Crippen molar-refractivity contribution < 1.29 is 0 Å². The minimum absolute atomic E-state index is 0.896. The first-order valence-electron chi connectivity index (χ1n) is 7.03. The molecule has 0 spiro atoms. The number of allylic oxidation sites excluding steroid dienone is 2. The van der Waals surface area contributed by atoms with E-state index >= 15 is 0 Å². The predicted octanol–water partition coefficient (Wildman–Crippen LogP) is 2.12. The minimum atomic E-state index is 0.896. The van der Waals surface area contributed by atoms with E-state index in [4.69, 9.17) is 0 Å². The second kappa shape index (κ2) is 4.89. The molecule has 0 amide bonds. The van der Waals surface area contributed by atoms with Crippen LogP contribution in [0.25, 0.3) is 0 Å². The molecule has 2 nitrogen and oxygen atoms in total. The Labute approximate surface area is 99.3 Å². The van der Waals surface area contributed by atoms with Gasteiger partial charge in [-0.2, -0.15) is 0 Å².